The first kappa shape index (κ1) is 13.5. The highest BCUT2D eigenvalue weighted by Gasteiger charge is 2.27. The van der Waals surface area contributed by atoms with E-state index in [9.17, 15) is 13.2 Å². The molecule has 86 valence electrons. The van der Waals surface area contributed by atoms with E-state index in [0.29, 0.717) is 0 Å². The zero-order chi connectivity index (χ0) is 11.5. The smallest absolute Gasteiger partial charge is 0.370 e. The molecular formula is C8H7Br2F3OS. The van der Waals surface area contributed by atoms with Gasteiger partial charge in [-0.1, -0.05) is 15.9 Å². The average molecular weight is 368 g/mol. The fourth-order valence-electron chi connectivity index (χ4n) is 0.857. The van der Waals surface area contributed by atoms with E-state index in [1.165, 1.54) is 11.3 Å². The number of halogens is 5. The lowest BCUT2D eigenvalue weighted by atomic mass is 10.4. The molecule has 1 aromatic heterocycles. The number of hydrogen-bond donors (Lipinski definition) is 0. The molecule has 0 aromatic carbocycles. The Hall–Kier alpha value is 0.410. The molecule has 1 aromatic rings. The van der Waals surface area contributed by atoms with Gasteiger partial charge >= 0.3 is 6.18 Å². The van der Waals surface area contributed by atoms with Crippen LogP contribution in [0.15, 0.2) is 15.9 Å². The van der Waals surface area contributed by atoms with Crippen molar-refractivity contribution in [2.45, 2.75) is 11.0 Å². The van der Waals surface area contributed by atoms with Crippen LogP contribution >= 0.6 is 43.2 Å². The fourth-order valence-corrected chi connectivity index (χ4v) is 2.86. The summed E-state index contributed by atoms with van der Waals surface area (Å²) in [6.07, 6.45) is -4.26. The summed E-state index contributed by atoms with van der Waals surface area (Å²) in [7, 11) is 0. The Balaban J connectivity index is 2.34. The molecule has 1 unspecified atom stereocenters. The van der Waals surface area contributed by atoms with Crippen molar-refractivity contribution in [1.82, 2.24) is 0 Å². The van der Waals surface area contributed by atoms with Crippen molar-refractivity contribution in [1.29, 1.82) is 0 Å². The van der Waals surface area contributed by atoms with Crippen LogP contribution in [0.3, 0.4) is 0 Å². The minimum absolute atomic E-state index is 0.00641. The van der Waals surface area contributed by atoms with Gasteiger partial charge < -0.3 is 4.74 Å². The minimum Gasteiger partial charge on any atom is -0.370 e. The van der Waals surface area contributed by atoms with Crippen LogP contribution in [0.4, 0.5) is 13.2 Å². The molecule has 0 spiro atoms. The van der Waals surface area contributed by atoms with E-state index < -0.39 is 12.8 Å². The van der Waals surface area contributed by atoms with Gasteiger partial charge in [-0.05, 0) is 28.1 Å². The molecule has 1 heterocycles. The molecule has 1 atom stereocenters. The van der Waals surface area contributed by atoms with E-state index in [2.05, 4.69) is 36.6 Å². The van der Waals surface area contributed by atoms with Gasteiger partial charge in [0.25, 0.3) is 0 Å². The van der Waals surface area contributed by atoms with E-state index >= 15 is 0 Å². The number of rotatable bonds is 4. The summed E-state index contributed by atoms with van der Waals surface area (Å²) < 4.78 is 40.8. The van der Waals surface area contributed by atoms with Gasteiger partial charge in [0.05, 0.1) is 15.2 Å². The van der Waals surface area contributed by atoms with E-state index in [4.69, 9.17) is 0 Å². The van der Waals surface area contributed by atoms with Crippen molar-refractivity contribution in [3.8, 4) is 0 Å². The highest BCUT2D eigenvalue weighted by Crippen LogP contribution is 2.32. The summed E-state index contributed by atoms with van der Waals surface area (Å²) >= 11 is 8.00. The van der Waals surface area contributed by atoms with Crippen molar-refractivity contribution in [2.24, 2.45) is 0 Å². The van der Waals surface area contributed by atoms with Crippen LogP contribution < -0.4 is 0 Å². The maximum Gasteiger partial charge on any atom is 0.411 e. The summed E-state index contributed by atoms with van der Waals surface area (Å²) in [5.74, 6) is 0. The highest BCUT2D eigenvalue weighted by atomic mass is 79.9. The normalized spacial score (nSPS) is 14.2. The van der Waals surface area contributed by atoms with Crippen LogP contribution in [0.5, 0.6) is 0 Å². The molecular weight excluding hydrogens is 361 g/mol. The zero-order valence-electron chi connectivity index (χ0n) is 7.35. The molecule has 0 fully saturated rings. The van der Waals surface area contributed by atoms with Crippen LogP contribution in [0.2, 0.25) is 0 Å². The predicted octanol–water partition coefficient (Wildman–Crippen LogP) is 4.53. The standard InChI is InChI=1S/C8H7Br2F3OS/c9-5(3-14-4-8(11,12)13)6-1-2-7(10)15-6/h1-2,5H,3-4H2. The monoisotopic (exact) mass is 366 g/mol. The Morgan fingerprint density at radius 1 is 1.40 bits per heavy atom. The van der Waals surface area contributed by atoms with Gasteiger partial charge in [0.2, 0.25) is 0 Å². The second-order valence-electron chi connectivity index (χ2n) is 2.74. The zero-order valence-corrected chi connectivity index (χ0v) is 11.3. The Bertz CT molecular complexity index is 313. The molecule has 0 amide bonds. The van der Waals surface area contributed by atoms with Crippen molar-refractivity contribution in [2.75, 3.05) is 13.2 Å². The Labute approximate surface area is 106 Å². The summed E-state index contributed by atoms with van der Waals surface area (Å²) in [6.45, 7) is -1.20. The minimum atomic E-state index is -4.26. The molecule has 15 heavy (non-hydrogen) atoms. The highest BCUT2D eigenvalue weighted by molar-refractivity contribution is 9.11. The lowest BCUT2D eigenvalue weighted by Crippen LogP contribution is -2.18. The lowest BCUT2D eigenvalue weighted by Gasteiger charge is -2.10. The molecule has 0 bridgehead atoms. The molecule has 0 saturated heterocycles. The van der Waals surface area contributed by atoms with Gasteiger partial charge in [0, 0.05) is 4.88 Å². The third kappa shape index (κ3) is 5.33. The largest absolute Gasteiger partial charge is 0.411 e. The van der Waals surface area contributed by atoms with Crippen LogP contribution in [0, 0.1) is 0 Å². The molecule has 0 saturated carbocycles. The van der Waals surface area contributed by atoms with Crippen molar-refractivity contribution >= 4 is 43.2 Å². The second kappa shape index (κ2) is 5.65. The molecule has 0 aliphatic rings. The van der Waals surface area contributed by atoms with Gasteiger partial charge in [-0.2, -0.15) is 13.2 Å². The number of thiophene rings is 1. The van der Waals surface area contributed by atoms with E-state index in [1.54, 1.807) is 0 Å². The van der Waals surface area contributed by atoms with Crippen molar-refractivity contribution < 1.29 is 17.9 Å². The maximum atomic E-state index is 11.8. The topological polar surface area (TPSA) is 9.23 Å². The lowest BCUT2D eigenvalue weighted by molar-refractivity contribution is -0.173. The van der Waals surface area contributed by atoms with Gasteiger partial charge in [-0.15, -0.1) is 11.3 Å². The van der Waals surface area contributed by atoms with Crippen LogP contribution in [0.1, 0.15) is 9.70 Å². The number of alkyl halides is 4. The van der Waals surface area contributed by atoms with Crippen LogP contribution in [0.25, 0.3) is 0 Å². The Kier molecular flexibility index (Phi) is 5.08. The van der Waals surface area contributed by atoms with Crippen molar-refractivity contribution in [3.05, 3.63) is 20.8 Å². The SMILES string of the molecule is FC(F)(F)COCC(Br)c1ccc(Br)s1. The first-order valence-electron chi connectivity index (χ1n) is 3.92. The van der Waals surface area contributed by atoms with Crippen LogP contribution in [-0.2, 0) is 4.74 Å². The van der Waals surface area contributed by atoms with E-state index in [-0.39, 0.29) is 11.4 Å². The Morgan fingerprint density at radius 3 is 2.53 bits per heavy atom. The molecule has 0 aliphatic heterocycles. The van der Waals surface area contributed by atoms with Crippen LogP contribution in [-0.4, -0.2) is 19.4 Å². The quantitative estimate of drug-likeness (QED) is 0.710. The molecule has 0 aliphatic carbocycles. The number of ether oxygens (including phenoxy) is 1. The van der Waals surface area contributed by atoms with Gasteiger partial charge in [-0.25, -0.2) is 0 Å². The molecule has 0 radical (unpaired) electrons. The summed E-state index contributed by atoms with van der Waals surface area (Å²) in [5.41, 5.74) is 0. The first-order valence-corrected chi connectivity index (χ1v) is 6.45. The van der Waals surface area contributed by atoms with E-state index in [1.807, 2.05) is 12.1 Å². The fraction of sp³-hybridized carbons (Fsp3) is 0.500. The number of hydrogen-bond acceptors (Lipinski definition) is 2. The van der Waals surface area contributed by atoms with Gasteiger partial charge in [0.15, 0.2) is 0 Å². The molecule has 1 rings (SSSR count). The maximum absolute atomic E-state index is 11.8. The molecule has 7 heteroatoms. The van der Waals surface area contributed by atoms with E-state index in [0.717, 1.165) is 8.66 Å². The third-order valence-corrected chi connectivity index (χ3v) is 4.23. The first-order chi connectivity index (χ1) is 6.88. The summed E-state index contributed by atoms with van der Waals surface area (Å²) in [4.78, 5) is 0.736. The third-order valence-electron chi connectivity index (χ3n) is 1.43. The van der Waals surface area contributed by atoms with Gasteiger partial charge in [0.1, 0.15) is 6.61 Å². The second-order valence-corrected chi connectivity index (χ2v) is 6.34. The Morgan fingerprint density at radius 2 is 2.07 bits per heavy atom. The van der Waals surface area contributed by atoms with Crippen molar-refractivity contribution in [3.63, 3.8) is 0 Å². The summed E-state index contributed by atoms with van der Waals surface area (Å²) in [5, 5.41) is 0. The average Bonchev–Trinajstić information content (AvgIpc) is 2.49. The van der Waals surface area contributed by atoms with Gasteiger partial charge in [-0.3, -0.25) is 0 Å². The molecule has 0 N–H and O–H groups in total. The predicted molar refractivity (Wildman–Crippen MR) is 60.6 cm³/mol. The molecule has 1 nitrogen and oxygen atoms in total. The summed E-state index contributed by atoms with van der Waals surface area (Å²) in [6, 6.07) is 3.68.